The number of rotatable bonds is 9. The molecule has 2 unspecified atom stereocenters. The summed E-state index contributed by atoms with van der Waals surface area (Å²) in [5.41, 5.74) is 3.47. The summed E-state index contributed by atoms with van der Waals surface area (Å²) in [6.45, 7) is 1.71. The molecule has 0 aliphatic rings. The maximum absolute atomic E-state index is 12.3. The highest BCUT2D eigenvalue weighted by Gasteiger charge is 2.16. The number of carbonyl (C=O) groups excluding carboxylic acids is 1. The number of carboxylic acids is 1. The molecular weight excluding hydrogens is 412 g/mol. The van der Waals surface area contributed by atoms with Crippen LogP contribution in [-0.4, -0.2) is 27.4 Å². The van der Waals surface area contributed by atoms with Gasteiger partial charge in [-0.05, 0) is 47.4 Å². The van der Waals surface area contributed by atoms with Crippen molar-refractivity contribution in [3.63, 3.8) is 0 Å². The summed E-state index contributed by atoms with van der Waals surface area (Å²) in [4.78, 5) is 32.2. The van der Waals surface area contributed by atoms with Crippen molar-refractivity contribution in [3.8, 4) is 0 Å². The van der Waals surface area contributed by atoms with Crippen LogP contribution in [0.25, 0.3) is 6.08 Å². The van der Waals surface area contributed by atoms with Gasteiger partial charge in [0.25, 0.3) is 0 Å². The van der Waals surface area contributed by atoms with E-state index in [2.05, 4.69) is 9.78 Å². The monoisotopic (exact) mass is 434 g/mol. The highest BCUT2D eigenvalue weighted by Crippen LogP contribution is 2.27. The Morgan fingerprint density at radius 2 is 1.25 bits per heavy atom. The summed E-state index contributed by atoms with van der Waals surface area (Å²) in [6, 6.07) is 19.9. The van der Waals surface area contributed by atoms with Crippen molar-refractivity contribution in [2.45, 2.75) is 19.1 Å². The first-order valence-electron chi connectivity index (χ1n) is 9.79. The number of hydrogen-bond donors (Lipinski definition) is 3. The summed E-state index contributed by atoms with van der Waals surface area (Å²) >= 11 is 0. The third-order valence-electron chi connectivity index (χ3n) is 5.05. The Hall–Kier alpha value is -3.62. The molecule has 0 aliphatic carbocycles. The lowest BCUT2D eigenvalue weighted by Gasteiger charge is -2.16. The second kappa shape index (κ2) is 10.6. The highest BCUT2D eigenvalue weighted by molar-refractivity contribution is 6.07. The van der Waals surface area contributed by atoms with Crippen molar-refractivity contribution in [1.82, 2.24) is 0 Å². The molecule has 0 bridgehead atoms. The van der Waals surface area contributed by atoms with Crippen LogP contribution in [0.3, 0.4) is 0 Å². The number of carboxylic acid groups (broad SMARTS) is 1. The maximum Gasteiger partial charge on any atom is 0.335 e. The van der Waals surface area contributed by atoms with Gasteiger partial charge in [0.15, 0.2) is 5.78 Å². The largest absolute Gasteiger partial charge is 0.478 e. The van der Waals surface area contributed by atoms with Crippen LogP contribution in [0.2, 0.25) is 0 Å². The first-order chi connectivity index (χ1) is 15.4. The van der Waals surface area contributed by atoms with E-state index in [1.54, 1.807) is 61.5 Å². The predicted octanol–water partition coefficient (Wildman–Crippen LogP) is 5.41. The molecule has 0 spiro atoms. The van der Waals surface area contributed by atoms with Crippen LogP contribution in [-0.2, 0) is 9.78 Å². The summed E-state index contributed by atoms with van der Waals surface area (Å²) in [7, 11) is 0. The third-order valence-corrected chi connectivity index (χ3v) is 5.05. The summed E-state index contributed by atoms with van der Waals surface area (Å²) in [6.07, 6.45) is 1.88. The molecule has 7 heteroatoms. The van der Waals surface area contributed by atoms with Gasteiger partial charge in [0.05, 0.1) is 5.56 Å². The van der Waals surface area contributed by atoms with Crippen molar-refractivity contribution >= 4 is 17.8 Å². The lowest BCUT2D eigenvalue weighted by atomic mass is 9.98. The van der Waals surface area contributed by atoms with E-state index in [1.165, 1.54) is 30.3 Å². The zero-order valence-electron chi connectivity index (χ0n) is 17.2. The van der Waals surface area contributed by atoms with E-state index < -0.39 is 18.2 Å². The fourth-order valence-corrected chi connectivity index (χ4v) is 3.14. The van der Waals surface area contributed by atoms with Crippen molar-refractivity contribution in [2.75, 3.05) is 0 Å². The second-order valence-electron chi connectivity index (χ2n) is 7.15. The molecule has 3 aromatic carbocycles. The number of aromatic carboxylic acids is 1. The van der Waals surface area contributed by atoms with Gasteiger partial charge in [0.1, 0.15) is 12.2 Å². The minimum absolute atomic E-state index is 0.118. The topological polar surface area (TPSA) is 113 Å². The van der Waals surface area contributed by atoms with Gasteiger partial charge >= 0.3 is 5.97 Å². The Morgan fingerprint density at radius 3 is 1.75 bits per heavy atom. The number of allylic oxidation sites excluding steroid dienone is 1. The zero-order chi connectivity index (χ0) is 23.1. The van der Waals surface area contributed by atoms with Crippen molar-refractivity contribution < 1.29 is 35.0 Å². The quantitative estimate of drug-likeness (QED) is 0.179. The van der Waals surface area contributed by atoms with E-state index in [0.717, 1.165) is 11.1 Å². The van der Waals surface area contributed by atoms with Gasteiger partial charge < -0.3 is 5.11 Å². The van der Waals surface area contributed by atoms with Gasteiger partial charge in [0.2, 0.25) is 0 Å². The van der Waals surface area contributed by atoms with Crippen molar-refractivity contribution in [3.05, 3.63) is 112 Å². The molecule has 164 valence electrons. The third kappa shape index (κ3) is 5.54. The Bertz CT molecular complexity index is 1080. The van der Waals surface area contributed by atoms with Gasteiger partial charge in [-0.3, -0.25) is 15.3 Å². The summed E-state index contributed by atoms with van der Waals surface area (Å²) in [5, 5.41) is 27.1. The minimum Gasteiger partial charge on any atom is -0.478 e. The van der Waals surface area contributed by atoms with Crippen molar-refractivity contribution in [2.24, 2.45) is 0 Å². The molecule has 2 atom stereocenters. The van der Waals surface area contributed by atoms with Crippen LogP contribution in [0.1, 0.15) is 62.1 Å². The molecule has 7 nitrogen and oxygen atoms in total. The minimum atomic E-state index is -1.05. The second-order valence-corrected chi connectivity index (χ2v) is 7.15. The number of carbonyl (C=O) groups is 2. The number of hydrogen-bond acceptors (Lipinski definition) is 6. The van der Waals surface area contributed by atoms with Gasteiger partial charge in [-0.2, -0.15) is 0 Å². The average molecular weight is 434 g/mol. The average Bonchev–Trinajstić information content (AvgIpc) is 2.83. The van der Waals surface area contributed by atoms with Crippen LogP contribution in [0.15, 0.2) is 78.9 Å². The molecule has 0 aromatic heterocycles. The first-order valence-corrected chi connectivity index (χ1v) is 9.79. The van der Waals surface area contributed by atoms with Crippen molar-refractivity contribution in [1.29, 1.82) is 0 Å². The molecule has 3 rings (SSSR count). The lowest BCUT2D eigenvalue weighted by Crippen LogP contribution is -2.05. The van der Waals surface area contributed by atoms with E-state index >= 15 is 0 Å². The fourth-order valence-electron chi connectivity index (χ4n) is 3.14. The molecule has 0 heterocycles. The highest BCUT2D eigenvalue weighted by atomic mass is 17.1. The molecule has 32 heavy (non-hydrogen) atoms. The Morgan fingerprint density at radius 1 is 0.750 bits per heavy atom. The standard InChI is InChI=1S/C25H22O7/c1-16(31-29)18-7-11-21(12-8-18)24(32-30)20-5-2-17(3-6-20)4-15-23(26)19-9-13-22(14-10-19)25(27)28/h2-16,24,29-30H,1H3,(H,27,28). The molecule has 0 saturated carbocycles. The van der Waals surface area contributed by atoms with E-state index in [1.807, 2.05) is 0 Å². The van der Waals surface area contributed by atoms with E-state index in [9.17, 15) is 14.8 Å². The van der Waals surface area contributed by atoms with E-state index in [0.29, 0.717) is 16.7 Å². The van der Waals surface area contributed by atoms with Gasteiger partial charge in [0, 0.05) is 5.56 Å². The zero-order valence-corrected chi connectivity index (χ0v) is 17.2. The Balaban J connectivity index is 1.70. The van der Waals surface area contributed by atoms with Crippen LogP contribution >= 0.6 is 0 Å². The fraction of sp³-hybridized carbons (Fsp3) is 0.120. The lowest BCUT2D eigenvalue weighted by molar-refractivity contribution is -0.277. The van der Waals surface area contributed by atoms with Crippen LogP contribution in [0, 0.1) is 0 Å². The van der Waals surface area contributed by atoms with Gasteiger partial charge in [-0.15, -0.1) is 0 Å². The van der Waals surface area contributed by atoms with Gasteiger partial charge in [-0.1, -0.05) is 66.7 Å². The predicted molar refractivity (Wildman–Crippen MR) is 117 cm³/mol. The molecule has 0 amide bonds. The number of ketones is 1. The molecule has 0 fully saturated rings. The van der Waals surface area contributed by atoms with Gasteiger partial charge in [-0.25, -0.2) is 14.6 Å². The Labute approximate surface area is 184 Å². The molecule has 3 aromatic rings. The van der Waals surface area contributed by atoms with Crippen LogP contribution in [0.4, 0.5) is 0 Å². The van der Waals surface area contributed by atoms with Crippen LogP contribution < -0.4 is 0 Å². The molecular formula is C25H22O7. The Kier molecular flexibility index (Phi) is 7.64. The van der Waals surface area contributed by atoms with E-state index in [-0.39, 0.29) is 11.3 Å². The molecule has 3 N–H and O–H groups in total. The SMILES string of the molecule is CC(OO)c1ccc(C(OO)c2ccc(C=CC(=O)c3ccc(C(=O)O)cc3)cc2)cc1. The molecule has 0 radical (unpaired) electrons. The maximum atomic E-state index is 12.3. The molecule has 0 aliphatic heterocycles. The first kappa shape index (κ1) is 23.1. The van der Waals surface area contributed by atoms with E-state index in [4.69, 9.17) is 10.4 Å². The number of benzene rings is 3. The summed E-state index contributed by atoms with van der Waals surface area (Å²) in [5.74, 6) is -1.29. The summed E-state index contributed by atoms with van der Waals surface area (Å²) < 4.78 is 0. The van der Waals surface area contributed by atoms with Crippen LogP contribution in [0.5, 0.6) is 0 Å². The normalized spacial score (nSPS) is 13.1. The smallest absolute Gasteiger partial charge is 0.335 e. The molecule has 0 saturated heterocycles.